The van der Waals surface area contributed by atoms with Gasteiger partial charge >= 0.3 is 5.97 Å². The van der Waals surface area contributed by atoms with Gasteiger partial charge in [-0.2, -0.15) is 15.0 Å². The number of aryl methyl sites for hydroxylation is 1. The van der Waals surface area contributed by atoms with Gasteiger partial charge in [0.2, 0.25) is 0 Å². The second kappa shape index (κ2) is 9.75. The van der Waals surface area contributed by atoms with Gasteiger partial charge in [-0.3, -0.25) is 4.79 Å². The molecule has 7 heteroatoms. The first kappa shape index (κ1) is 22.5. The molecule has 0 saturated carbocycles. The second-order valence-electron chi connectivity index (χ2n) is 7.20. The lowest BCUT2D eigenvalue weighted by molar-refractivity contribution is 0.0688. The van der Waals surface area contributed by atoms with Crippen molar-refractivity contribution in [3.63, 3.8) is 0 Å². The Morgan fingerprint density at radius 2 is 1.72 bits per heavy atom. The zero-order chi connectivity index (χ0) is 23.3. The van der Waals surface area contributed by atoms with Crippen LogP contribution in [-0.2, 0) is 0 Å². The Balaban J connectivity index is 2.07. The highest BCUT2D eigenvalue weighted by Gasteiger charge is 2.21. The molecule has 0 aliphatic heterocycles. The molecular weight excluding hydrogens is 404 g/mol. The highest BCUT2D eigenvalue weighted by atomic mass is 16.4. The van der Waals surface area contributed by atoms with E-state index in [-0.39, 0.29) is 16.8 Å². The summed E-state index contributed by atoms with van der Waals surface area (Å²) in [6.45, 7) is 7.84. The van der Waals surface area contributed by atoms with E-state index in [9.17, 15) is 20.0 Å². The summed E-state index contributed by atoms with van der Waals surface area (Å²) in [5, 5.41) is 23.4. The zero-order valence-electron chi connectivity index (χ0n) is 18.2. The number of hydrogen-bond donors (Lipinski definition) is 1. The number of nitrogens with zero attached hydrogens (tertiary/aromatic N) is 4. The molecule has 3 aromatic rings. The summed E-state index contributed by atoms with van der Waals surface area (Å²) in [5.74, 6) is -1.32. The highest BCUT2D eigenvalue weighted by Crippen LogP contribution is 2.19. The number of rotatable bonds is 7. The summed E-state index contributed by atoms with van der Waals surface area (Å²) in [6, 6.07) is 16.5. The van der Waals surface area contributed by atoms with E-state index in [1.54, 1.807) is 30.3 Å². The minimum absolute atomic E-state index is 0.0128. The third-order valence-electron chi connectivity index (χ3n) is 5.19. The van der Waals surface area contributed by atoms with Crippen molar-refractivity contribution in [3.05, 3.63) is 86.8 Å². The largest absolute Gasteiger partial charge is 0.476 e. The van der Waals surface area contributed by atoms with E-state index in [2.05, 4.69) is 23.8 Å². The SMILES string of the molecule is CCN(CC)c1ccc(/C=C\c2c(C(=O)O)nn(-c3ccc(C)cc3)c(=O)c2C#N)cc1. The van der Waals surface area contributed by atoms with Crippen molar-refractivity contribution < 1.29 is 9.90 Å². The molecule has 0 saturated heterocycles. The maximum Gasteiger partial charge on any atom is 0.357 e. The van der Waals surface area contributed by atoms with Crippen molar-refractivity contribution in [1.82, 2.24) is 9.78 Å². The Morgan fingerprint density at radius 3 is 2.25 bits per heavy atom. The average molecular weight is 428 g/mol. The molecule has 0 fully saturated rings. The molecule has 0 spiro atoms. The number of carbonyl (C=O) groups is 1. The number of nitriles is 1. The molecule has 162 valence electrons. The molecule has 32 heavy (non-hydrogen) atoms. The van der Waals surface area contributed by atoms with Gasteiger partial charge in [0, 0.05) is 24.3 Å². The van der Waals surface area contributed by atoms with Gasteiger partial charge in [0.1, 0.15) is 11.6 Å². The van der Waals surface area contributed by atoms with Crippen molar-refractivity contribution >= 4 is 23.8 Å². The predicted molar refractivity (Wildman–Crippen MR) is 125 cm³/mol. The molecule has 7 nitrogen and oxygen atoms in total. The average Bonchev–Trinajstić information content (AvgIpc) is 2.80. The fourth-order valence-electron chi connectivity index (χ4n) is 3.39. The molecule has 0 atom stereocenters. The Morgan fingerprint density at radius 1 is 1.09 bits per heavy atom. The first-order chi connectivity index (χ1) is 15.4. The van der Waals surface area contributed by atoms with Crippen LogP contribution in [0.5, 0.6) is 0 Å². The van der Waals surface area contributed by atoms with Crippen LogP contribution in [0.25, 0.3) is 17.8 Å². The number of anilines is 1. The summed E-state index contributed by atoms with van der Waals surface area (Å²) < 4.78 is 0.956. The van der Waals surface area contributed by atoms with Crippen molar-refractivity contribution in [2.45, 2.75) is 20.8 Å². The van der Waals surface area contributed by atoms with E-state index in [0.717, 1.165) is 34.6 Å². The number of hydrogen-bond acceptors (Lipinski definition) is 5. The van der Waals surface area contributed by atoms with Gasteiger partial charge in [-0.25, -0.2) is 4.79 Å². The molecule has 0 bridgehead atoms. The maximum absolute atomic E-state index is 12.9. The minimum atomic E-state index is -1.32. The zero-order valence-corrected chi connectivity index (χ0v) is 18.2. The minimum Gasteiger partial charge on any atom is -0.476 e. The van der Waals surface area contributed by atoms with E-state index in [1.165, 1.54) is 6.08 Å². The number of benzene rings is 2. The van der Waals surface area contributed by atoms with Crippen LogP contribution >= 0.6 is 0 Å². The van der Waals surface area contributed by atoms with Gasteiger partial charge in [-0.05, 0) is 50.6 Å². The fraction of sp³-hybridized carbons (Fsp3) is 0.200. The Hall–Kier alpha value is -4.18. The number of carboxylic acid groups (broad SMARTS) is 1. The lowest BCUT2D eigenvalue weighted by Crippen LogP contribution is -2.28. The Kier molecular flexibility index (Phi) is 6.86. The maximum atomic E-state index is 12.9. The number of aromatic carboxylic acids is 1. The molecule has 2 aromatic carbocycles. The fourth-order valence-corrected chi connectivity index (χ4v) is 3.39. The van der Waals surface area contributed by atoms with E-state index < -0.39 is 11.5 Å². The van der Waals surface area contributed by atoms with Gasteiger partial charge in [0.15, 0.2) is 5.69 Å². The van der Waals surface area contributed by atoms with Gasteiger partial charge in [0.25, 0.3) is 5.56 Å². The summed E-state index contributed by atoms with van der Waals surface area (Å²) in [5.41, 5.74) is 1.95. The molecule has 0 unspecified atom stereocenters. The summed E-state index contributed by atoms with van der Waals surface area (Å²) in [6.07, 6.45) is 3.13. The van der Waals surface area contributed by atoms with Crippen molar-refractivity contribution in [1.29, 1.82) is 5.26 Å². The van der Waals surface area contributed by atoms with Crippen molar-refractivity contribution in [3.8, 4) is 11.8 Å². The predicted octanol–water partition coefficient (Wildman–Crippen LogP) is 4.13. The third-order valence-corrected chi connectivity index (χ3v) is 5.19. The van der Waals surface area contributed by atoms with Crippen molar-refractivity contribution in [2.75, 3.05) is 18.0 Å². The summed E-state index contributed by atoms with van der Waals surface area (Å²) in [7, 11) is 0. The Labute approximate surface area is 186 Å². The van der Waals surface area contributed by atoms with Gasteiger partial charge in [-0.15, -0.1) is 0 Å². The lowest BCUT2D eigenvalue weighted by Gasteiger charge is -2.20. The van der Waals surface area contributed by atoms with E-state index in [4.69, 9.17) is 0 Å². The number of carboxylic acids is 1. The van der Waals surface area contributed by atoms with E-state index in [0.29, 0.717) is 5.69 Å². The molecule has 1 heterocycles. The van der Waals surface area contributed by atoms with Crippen LogP contribution in [0.2, 0.25) is 0 Å². The number of aromatic nitrogens is 2. The molecule has 1 aromatic heterocycles. The first-order valence-corrected chi connectivity index (χ1v) is 10.3. The lowest BCUT2D eigenvalue weighted by atomic mass is 10.1. The van der Waals surface area contributed by atoms with Gasteiger partial charge in [-0.1, -0.05) is 42.0 Å². The standard InChI is InChI=1S/C25H24N4O3/c1-4-28(5-2)19-13-8-18(9-14-19)10-15-21-22(16-26)24(30)29(27-23(21)25(31)32)20-11-6-17(3)7-12-20/h6-15H,4-5H2,1-3H3,(H,31,32)/b15-10-. The molecule has 0 radical (unpaired) electrons. The molecule has 3 rings (SSSR count). The summed E-state index contributed by atoms with van der Waals surface area (Å²) >= 11 is 0. The van der Waals surface area contributed by atoms with Crippen LogP contribution in [0.15, 0.2) is 53.3 Å². The molecule has 1 N–H and O–H groups in total. The van der Waals surface area contributed by atoms with Crippen LogP contribution in [0.3, 0.4) is 0 Å². The van der Waals surface area contributed by atoms with Crippen LogP contribution < -0.4 is 10.5 Å². The van der Waals surface area contributed by atoms with E-state index in [1.807, 2.05) is 37.3 Å². The topological polar surface area (TPSA) is 99.2 Å². The quantitative estimate of drug-likeness (QED) is 0.608. The van der Waals surface area contributed by atoms with E-state index >= 15 is 0 Å². The summed E-state index contributed by atoms with van der Waals surface area (Å²) in [4.78, 5) is 27.0. The van der Waals surface area contributed by atoms with Crippen molar-refractivity contribution in [2.24, 2.45) is 0 Å². The van der Waals surface area contributed by atoms with Crippen LogP contribution in [0.4, 0.5) is 5.69 Å². The van der Waals surface area contributed by atoms with Crippen LogP contribution in [0.1, 0.15) is 46.6 Å². The monoisotopic (exact) mass is 428 g/mol. The Bertz CT molecular complexity index is 1250. The normalized spacial score (nSPS) is 10.8. The highest BCUT2D eigenvalue weighted by molar-refractivity contribution is 5.92. The van der Waals surface area contributed by atoms with Gasteiger partial charge < -0.3 is 10.0 Å². The van der Waals surface area contributed by atoms with Crippen LogP contribution in [-0.4, -0.2) is 33.9 Å². The second-order valence-corrected chi connectivity index (χ2v) is 7.20. The molecule has 0 amide bonds. The van der Waals surface area contributed by atoms with Gasteiger partial charge in [0.05, 0.1) is 5.69 Å². The smallest absolute Gasteiger partial charge is 0.357 e. The molecule has 0 aliphatic carbocycles. The molecule has 0 aliphatic rings. The molecular formula is C25H24N4O3. The van der Waals surface area contributed by atoms with Crippen LogP contribution in [0, 0.1) is 18.3 Å². The third kappa shape index (κ3) is 4.60. The first-order valence-electron chi connectivity index (χ1n) is 10.3.